The molecule has 18 heavy (non-hydrogen) atoms. The summed E-state index contributed by atoms with van der Waals surface area (Å²) in [7, 11) is 1.33. The Balaban J connectivity index is 2.15. The van der Waals surface area contributed by atoms with Gasteiger partial charge in [-0.15, -0.1) is 11.8 Å². The molecule has 1 saturated heterocycles. The van der Waals surface area contributed by atoms with Crippen molar-refractivity contribution in [3.05, 3.63) is 35.4 Å². The average Bonchev–Trinajstić information content (AvgIpc) is 2.88. The second-order valence-electron chi connectivity index (χ2n) is 3.89. The van der Waals surface area contributed by atoms with E-state index >= 15 is 0 Å². The normalized spacial score (nSPS) is 22.7. The van der Waals surface area contributed by atoms with Crippen LogP contribution in [0.5, 0.6) is 0 Å². The molecule has 2 rings (SSSR count). The van der Waals surface area contributed by atoms with Crippen molar-refractivity contribution < 1.29 is 19.4 Å². The maximum Gasteiger partial charge on any atom is 0.337 e. The Hall–Kier alpha value is -1.53. The van der Waals surface area contributed by atoms with Gasteiger partial charge in [0, 0.05) is 5.75 Å². The first-order valence-electron chi connectivity index (χ1n) is 5.40. The highest BCUT2D eigenvalue weighted by Crippen LogP contribution is 2.33. The number of carboxylic acids is 1. The number of rotatable bonds is 3. The van der Waals surface area contributed by atoms with Gasteiger partial charge in [-0.2, -0.15) is 0 Å². The van der Waals surface area contributed by atoms with Crippen molar-refractivity contribution in [1.29, 1.82) is 0 Å². The molecule has 2 unspecified atom stereocenters. The lowest BCUT2D eigenvalue weighted by atomic mass is 10.1. The Morgan fingerprint density at radius 2 is 2.28 bits per heavy atom. The highest BCUT2D eigenvalue weighted by Gasteiger charge is 2.30. The highest BCUT2D eigenvalue weighted by molar-refractivity contribution is 7.99. The third kappa shape index (κ3) is 2.65. The zero-order chi connectivity index (χ0) is 13.1. The van der Waals surface area contributed by atoms with Gasteiger partial charge >= 0.3 is 11.9 Å². The average molecular weight is 267 g/mol. The number of aliphatic carboxylic acids is 1. The molecular formula is C12H13NO4S. The second kappa shape index (κ2) is 5.41. The first kappa shape index (κ1) is 12.9. The van der Waals surface area contributed by atoms with Gasteiger partial charge in [0.05, 0.1) is 18.0 Å². The molecule has 6 heteroatoms. The minimum atomic E-state index is -0.853. The molecule has 2 atom stereocenters. The largest absolute Gasteiger partial charge is 0.480 e. The van der Waals surface area contributed by atoms with Gasteiger partial charge in [-0.1, -0.05) is 12.1 Å². The van der Waals surface area contributed by atoms with Crippen LogP contribution in [0.25, 0.3) is 0 Å². The van der Waals surface area contributed by atoms with Gasteiger partial charge in [-0.3, -0.25) is 10.1 Å². The molecule has 0 aromatic heterocycles. The van der Waals surface area contributed by atoms with Gasteiger partial charge < -0.3 is 9.84 Å². The lowest BCUT2D eigenvalue weighted by Gasteiger charge is -2.12. The SMILES string of the molecule is COC(=O)c1cccc(C2NC(C(=O)O)CS2)c1. The summed E-state index contributed by atoms with van der Waals surface area (Å²) in [6.45, 7) is 0. The number of benzene rings is 1. The van der Waals surface area contributed by atoms with Crippen LogP contribution in [0.15, 0.2) is 24.3 Å². The van der Waals surface area contributed by atoms with E-state index in [0.717, 1.165) is 5.56 Å². The van der Waals surface area contributed by atoms with E-state index in [1.807, 2.05) is 6.07 Å². The number of esters is 1. The lowest BCUT2D eigenvalue weighted by molar-refractivity contribution is -0.138. The molecule has 0 bridgehead atoms. The van der Waals surface area contributed by atoms with Gasteiger partial charge in [0.1, 0.15) is 6.04 Å². The Labute approximate surface area is 109 Å². The molecule has 5 nitrogen and oxygen atoms in total. The number of hydrogen-bond donors (Lipinski definition) is 2. The third-order valence-electron chi connectivity index (χ3n) is 2.69. The fraction of sp³-hybridized carbons (Fsp3) is 0.333. The van der Waals surface area contributed by atoms with Crippen LogP contribution in [0.1, 0.15) is 21.3 Å². The number of carbonyl (C=O) groups is 2. The molecule has 1 aromatic carbocycles. The van der Waals surface area contributed by atoms with Crippen LogP contribution >= 0.6 is 11.8 Å². The van der Waals surface area contributed by atoms with E-state index in [9.17, 15) is 9.59 Å². The van der Waals surface area contributed by atoms with Gasteiger partial charge in [0.2, 0.25) is 0 Å². The van der Waals surface area contributed by atoms with Crippen molar-refractivity contribution in [3.8, 4) is 0 Å². The van der Waals surface area contributed by atoms with Crippen molar-refractivity contribution in [2.75, 3.05) is 12.9 Å². The van der Waals surface area contributed by atoms with E-state index in [2.05, 4.69) is 10.1 Å². The standard InChI is InChI=1S/C12H13NO4S/c1-17-12(16)8-4-2-3-7(5-8)10-13-9(6-18-10)11(14)15/h2-5,9-10,13H,6H2,1H3,(H,14,15). The van der Waals surface area contributed by atoms with E-state index in [4.69, 9.17) is 5.11 Å². The van der Waals surface area contributed by atoms with Crippen LogP contribution in [-0.2, 0) is 9.53 Å². The summed E-state index contributed by atoms with van der Waals surface area (Å²) in [6, 6.07) is 6.48. The maximum atomic E-state index is 11.4. The van der Waals surface area contributed by atoms with Crippen LogP contribution in [-0.4, -0.2) is 35.9 Å². The predicted molar refractivity (Wildman–Crippen MR) is 67.5 cm³/mol. The molecule has 0 radical (unpaired) electrons. The topological polar surface area (TPSA) is 75.6 Å². The number of ether oxygens (including phenoxy) is 1. The van der Waals surface area contributed by atoms with E-state index < -0.39 is 18.0 Å². The lowest BCUT2D eigenvalue weighted by Crippen LogP contribution is -2.33. The molecule has 96 valence electrons. The van der Waals surface area contributed by atoms with Crippen molar-refractivity contribution in [1.82, 2.24) is 5.32 Å². The number of carbonyl (C=O) groups excluding carboxylic acids is 1. The fourth-order valence-corrected chi connectivity index (χ4v) is 2.98. The van der Waals surface area contributed by atoms with E-state index in [-0.39, 0.29) is 5.37 Å². The van der Waals surface area contributed by atoms with Gasteiger partial charge in [0.15, 0.2) is 0 Å². The minimum Gasteiger partial charge on any atom is -0.480 e. The molecule has 1 fully saturated rings. The number of hydrogen-bond acceptors (Lipinski definition) is 5. The van der Waals surface area contributed by atoms with Gasteiger partial charge in [0.25, 0.3) is 0 Å². The number of thioether (sulfide) groups is 1. The monoisotopic (exact) mass is 267 g/mol. The zero-order valence-corrected chi connectivity index (χ0v) is 10.6. The van der Waals surface area contributed by atoms with Crippen molar-refractivity contribution in [2.45, 2.75) is 11.4 Å². The number of nitrogens with one attached hydrogen (secondary N) is 1. The van der Waals surface area contributed by atoms with Crippen LogP contribution in [0, 0.1) is 0 Å². The van der Waals surface area contributed by atoms with Crippen LogP contribution in [0.2, 0.25) is 0 Å². The minimum absolute atomic E-state index is 0.101. The van der Waals surface area contributed by atoms with Crippen molar-refractivity contribution >= 4 is 23.7 Å². The van der Waals surface area contributed by atoms with Gasteiger partial charge in [-0.25, -0.2) is 4.79 Å². The van der Waals surface area contributed by atoms with Crippen LogP contribution < -0.4 is 5.32 Å². The molecule has 1 heterocycles. The third-order valence-corrected chi connectivity index (χ3v) is 3.96. The smallest absolute Gasteiger partial charge is 0.337 e. The predicted octanol–water partition coefficient (Wildman–Crippen LogP) is 1.26. The zero-order valence-electron chi connectivity index (χ0n) is 9.75. The number of carboxylic acid groups (broad SMARTS) is 1. The highest BCUT2D eigenvalue weighted by atomic mass is 32.2. The van der Waals surface area contributed by atoms with E-state index in [0.29, 0.717) is 11.3 Å². The van der Waals surface area contributed by atoms with E-state index in [1.165, 1.54) is 18.9 Å². The summed E-state index contributed by atoms with van der Waals surface area (Å²) in [5.74, 6) is -0.730. The summed E-state index contributed by atoms with van der Waals surface area (Å²) in [5.41, 5.74) is 1.35. The molecule has 0 spiro atoms. The molecule has 1 aromatic rings. The second-order valence-corrected chi connectivity index (χ2v) is 5.03. The Morgan fingerprint density at radius 1 is 1.50 bits per heavy atom. The summed E-state index contributed by atoms with van der Waals surface area (Å²) >= 11 is 1.52. The molecule has 0 amide bonds. The Bertz CT molecular complexity index is 477. The van der Waals surface area contributed by atoms with Crippen LogP contribution in [0.4, 0.5) is 0 Å². The van der Waals surface area contributed by atoms with Gasteiger partial charge in [-0.05, 0) is 17.7 Å². The molecule has 1 aliphatic heterocycles. The molecular weight excluding hydrogens is 254 g/mol. The molecule has 1 aliphatic rings. The molecule has 2 N–H and O–H groups in total. The maximum absolute atomic E-state index is 11.4. The van der Waals surface area contributed by atoms with Crippen LogP contribution in [0.3, 0.4) is 0 Å². The fourth-order valence-electron chi connectivity index (χ4n) is 1.75. The Kier molecular flexibility index (Phi) is 3.88. The molecule has 0 aliphatic carbocycles. The summed E-state index contributed by atoms with van der Waals surface area (Å²) in [6.07, 6.45) is 0. The summed E-state index contributed by atoms with van der Waals surface area (Å²) < 4.78 is 4.65. The van der Waals surface area contributed by atoms with E-state index in [1.54, 1.807) is 18.2 Å². The van der Waals surface area contributed by atoms with Crippen molar-refractivity contribution in [2.24, 2.45) is 0 Å². The number of methoxy groups -OCH3 is 1. The summed E-state index contributed by atoms with van der Waals surface area (Å²) in [4.78, 5) is 22.3. The first-order valence-corrected chi connectivity index (χ1v) is 6.45. The first-order chi connectivity index (χ1) is 8.61. The quantitative estimate of drug-likeness (QED) is 0.803. The van der Waals surface area contributed by atoms with Crippen molar-refractivity contribution in [3.63, 3.8) is 0 Å². The Morgan fingerprint density at radius 3 is 2.89 bits per heavy atom. The summed E-state index contributed by atoms with van der Waals surface area (Å²) in [5, 5.41) is 11.8. The molecule has 0 saturated carbocycles.